The van der Waals surface area contributed by atoms with Crippen LogP contribution in [0.3, 0.4) is 0 Å². The average molecular weight is 799 g/mol. The molecule has 1 saturated carbocycles. The highest BCUT2D eigenvalue weighted by atomic mass is 35.5. The second-order valence-corrected chi connectivity index (χ2v) is 16.6. The lowest BCUT2D eigenvalue weighted by atomic mass is 9.73. The minimum atomic E-state index is -3.79. The van der Waals surface area contributed by atoms with Crippen LogP contribution in [0.4, 0.5) is 29.2 Å². The summed E-state index contributed by atoms with van der Waals surface area (Å²) in [5, 5.41) is 22.0. The normalized spacial score (nSPS) is 17.9. The summed E-state index contributed by atoms with van der Waals surface area (Å²) in [5.74, 6) is -1.81. The number of aryl methyl sites for hydroxylation is 1. The van der Waals surface area contributed by atoms with Gasteiger partial charge in [0.15, 0.2) is 5.82 Å². The molecule has 2 aliphatic carbocycles. The number of anilines is 2. The Morgan fingerprint density at radius 1 is 1.13 bits per heavy atom. The lowest BCUT2D eigenvalue weighted by Crippen LogP contribution is -2.36. The van der Waals surface area contributed by atoms with Gasteiger partial charge in [-0.15, -0.1) is 0 Å². The third-order valence-electron chi connectivity index (χ3n) is 9.70. The molecule has 12 nitrogen and oxygen atoms in total. The third-order valence-corrected chi connectivity index (χ3v) is 10.6. The van der Waals surface area contributed by atoms with Gasteiger partial charge in [-0.1, -0.05) is 23.6 Å². The summed E-state index contributed by atoms with van der Waals surface area (Å²) in [5.41, 5.74) is 6.04. The number of rotatable bonds is 9. The average Bonchev–Trinajstić information content (AvgIpc) is 3.58. The van der Waals surface area contributed by atoms with Crippen molar-refractivity contribution in [2.45, 2.75) is 63.1 Å². The first-order valence-electron chi connectivity index (χ1n) is 17.1. The Kier molecular flexibility index (Phi) is 9.38. The van der Waals surface area contributed by atoms with E-state index in [9.17, 15) is 27.1 Å². The molecule has 18 heteroatoms. The fourth-order valence-corrected chi connectivity index (χ4v) is 8.17. The molecule has 3 heterocycles. The van der Waals surface area contributed by atoms with E-state index in [0.717, 1.165) is 23.1 Å². The zero-order valence-corrected chi connectivity index (χ0v) is 31.5. The number of nitrogens with zero attached hydrogens (tertiary/aromatic N) is 5. The van der Waals surface area contributed by atoms with E-state index in [1.165, 1.54) is 24.6 Å². The van der Waals surface area contributed by atoms with Crippen molar-refractivity contribution >= 4 is 50.1 Å². The number of hydrogen-bond donors (Lipinski definition) is 4. The summed E-state index contributed by atoms with van der Waals surface area (Å²) in [6, 6.07) is 7.99. The highest BCUT2D eigenvalue weighted by Gasteiger charge is 2.61. The molecule has 0 unspecified atom stereocenters. The number of amides is 1. The predicted molar refractivity (Wildman–Crippen MR) is 198 cm³/mol. The van der Waals surface area contributed by atoms with Gasteiger partial charge >= 0.3 is 0 Å². The van der Waals surface area contributed by atoms with Crippen LogP contribution in [0, 0.1) is 29.4 Å². The lowest BCUT2D eigenvalue weighted by molar-refractivity contribution is -0.123. The quantitative estimate of drug-likeness (QED) is 0.111. The van der Waals surface area contributed by atoms with Crippen molar-refractivity contribution in [3.63, 3.8) is 0 Å². The SMILES string of the molecule is Cn1nc(NS(C)(=O)=O)c2c(Cl)ccc(-c3ccc(C#CC(C)(C)O)nc3[C@H](Cc3cc(F)cc(F)c3)NC(=O)Cn3nc(N)c4c3C(F)(F)[C@@H]3CC[C@H]43)c21. The number of nitrogen functional groups attached to an aromatic ring is 1. The first-order chi connectivity index (χ1) is 25.7. The number of carbonyl (C=O) groups is 1. The van der Waals surface area contributed by atoms with E-state index >= 15 is 8.78 Å². The Balaban J connectivity index is 1.38. The summed E-state index contributed by atoms with van der Waals surface area (Å²) < 4.78 is 89.3. The molecule has 0 spiro atoms. The summed E-state index contributed by atoms with van der Waals surface area (Å²) in [7, 11) is -2.23. The van der Waals surface area contributed by atoms with Gasteiger partial charge in [0.25, 0.3) is 5.92 Å². The topological polar surface area (TPSA) is 170 Å². The van der Waals surface area contributed by atoms with Gasteiger partial charge in [-0.25, -0.2) is 22.2 Å². The first-order valence-corrected chi connectivity index (χ1v) is 19.4. The number of carbonyl (C=O) groups excluding carboxylic acids is 1. The van der Waals surface area contributed by atoms with Gasteiger partial charge in [0, 0.05) is 35.7 Å². The molecular weight excluding hydrogens is 764 g/mol. The molecule has 0 saturated heterocycles. The van der Waals surface area contributed by atoms with E-state index in [2.05, 4.69) is 32.1 Å². The first kappa shape index (κ1) is 38.1. The highest BCUT2D eigenvalue weighted by molar-refractivity contribution is 7.92. The van der Waals surface area contributed by atoms with Crippen LogP contribution in [-0.4, -0.2) is 55.8 Å². The molecule has 288 valence electrons. The summed E-state index contributed by atoms with van der Waals surface area (Å²) in [6.45, 7) is 2.28. The number of nitrogens with one attached hydrogen (secondary N) is 2. The van der Waals surface area contributed by atoms with Gasteiger partial charge < -0.3 is 16.2 Å². The molecule has 1 amide bonds. The molecule has 1 fully saturated rings. The van der Waals surface area contributed by atoms with Gasteiger partial charge in [-0.3, -0.25) is 18.9 Å². The van der Waals surface area contributed by atoms with Crippen LogP contribution in [0.1, 0.15) is 66.9 Å². The smallest absolute Gasteiger partial charge is 0.293 e. The maximum absolute atomic E-state index is 15.6. The van der Waals surface area contributed by atoms with E-state index in [0.29, 0.717) is 35.6 Å². The maximum atomic E-state index is 15.6. The van der Waals surface area contributed by atoms with E-state index < -0.39 is 69.2 Å². The Morgan fingerprint density at radius 3 is 2.45 bits per heavy atom. The number of pyridine rings is 1. The number of aromatic nitrogens is 5. The molecule has 3 aromatic heterocycles. The molecule has 0 radical (unpaired) electrons. The van der Waals surface area contributed by atoms with Gasteiger partial charge in [0.05, 0.1) is 33.9 Å². The molecule has 2 aromatic carbocycles. The number of sulfonamides is 1. The number of hydrogen-bond acceptors (Lipinski definition) is 8. The lowest BCUT2D eigenvalue weighted by Gasteiger charge is -2.34. The molecule has 3 atom stereocenters. The fraction of sp³-hybridized carbons (Fsp3) is 0.351. The van der Waals surface area contributed by atoms with Gasteiger partial charge in [-0.2, -0.15) is 19.0 Å². The zero-order valence-electron chi connectivity index (χ0n) is 29.9. The predicted octanol–water partition coefficient (Wildman–Crippen LogP) is 5.54. The summed E-state index contributed by atoms with van der Waals surface area (Å²) >= 11 is 6.60. The van der Waals surface area contributed by atoms with Crippen LogP contribution in [0.2, 0.25) is 5.02 Å². The number of alkyl halides is 2. The number of aliphatic hydroxyl groups is 1. The van der Waals surface area contributed by atoms with Crippen molar-refractivity contribution < 1.29 is 35.9 Å². The minimum absolute atomic E-state index is 0.0506. The number of halogens is 5. The fourth-order valence-electron chi connectivity index (χ4n) is 7.43. The van der Waals surface area contributed by atoms with Gasteiger partial charge in [-0.05, 0) is 80.8 Å². The Bertz CT molecular complexity index is 2550. The van der Waals surface area contributed by atoms with Crippen molar-refractivity contribution in [3.8, 4) is 23.0 Å². The Morgan fingerprint density at radius 2 is 1.82 bits per heavy atom. The van der Waals surface area contributed by atoms with E-state index in [-0.39, 0.29) is 51.0 Å². The van der Waals surface area contributed by atoms with Crippen LogP contribution in [0.5, 0.6) is 0 Å². The molecular formula is C37H35ClF4N8O4S. The number of benzene rings is 2. The Labute approximate surface area is 318 Å². The molecule has 55 heavy (non-hydrogen) atoms. The van der Waals surface area contributed by atoms with Crippen LogP contribution >= 0.6 is 11.6 Å². The molecule has 7 rings (SSSR count). The largest absolute Gasteiger partial charge is 0.382 e. The number of nitrogens with two attached hydrogens (primary N) is 1. The van der Waals surface area contributed by atoms with Gasteiger partial charge in [0.1, 0.15) is 41.0 Å². The van der Waals surface area contributed by atoms with Crippen LogP contribution < -0.4 is 15.8 Å². The zero-order chi connectivity index (χ0) is 39.8. The van der Waals surface area contributed by atoms with Crippen molar-refractivity contribution in [1.82, 2.24) is 29.9 Å². The maximum Gasteiger partial charge on any atom is 0.293 e. The molecule has 0 aliphatic heterocycles. The van der Waals surface area contributed by atoms with E-state index in [1.807, 2.05) is 0 Å². The van der Waals surface area contributed by atoms with Crippen LogP contribution in [0.15, 0.2) is 42.5 Å². The number of fused-ring (bicyclic) bond motifs is 4. The van der Waals surface area contributed by atoms with E-state index in [1.54, 1.807) is 25.2 Å². The third kappa shape index (κ3) is 7.33. The van der Waals surface area contributed by atoms with Crippen molar-refractivity contribution in [2.75, 3.05) is 16.7 Å². The summed E-state index contributed by atoms with van der Waals surface area (Å²) in [6.07, 6.45) is 1.56. The van der Waals surface area contributed by atoms with Crippen molar-refractivity contribution in [2.24, 2.45) is 13.0 Å². The van der Waals surface area contributed by atoms with Crippen molar-refractivity contribution in [3.05, 3.63) is 87.3 Å². The molecule has 0 bridgehead atoms. The standard InChI is InChI=1S/C37H35ClF4N8O4S/c1-36(2,52)12-11-21-5-6-22(23-8-10-26(38)30-32(23)49(3)47-35(30)48-55(4,53)54)31(44-21)27(15-18-13-19(39)16-20(40)14-18)45-28(51)17-50-33-29(34(43)46-50)24-7-9-25(24)37(33,41)42/h5-6,8,10,13-14,16,24-25,27,52H,7,9,15,17H2,1-4H3,(H2,43,46)(H,45,51)(H,47,48)/t24-,25+,27-/m0/s1. The van der Waals surface area contributed by atoms with Crippen molar-refractivity contribution in [1.29, 1.82) is 0 Å². The second kappa shape index (κ2) is 13.5. The Hall–Kier alpha value is -5.18. The second-order valence-electron chi connectivity index (χ2n) is 14.4. The molecule has 5 aromatic rings. The van der Waals surface area contributed by atoms with Crippen LogP contribution in [0.25, 0.3) is 22.0 Å². The van der Waals surface area contributed by atoms with Crippen LogP contribution in [-0.2, 0) is 40.8 Å². The summed E-state index contributed by atoms with van der Waals surface area (Å²) in [4.78, 5) is 18.7. The minimum Gasteiger partial charge on any atom is -0.382 e. The van der Waals surface area contributed by atoms with Gasteiger partial charge in [0.2, 0.25) is 15.9 Å². The molecule has 2 aliphatic rings. The monoisotopic (exact) mass is 798 g/mol. The highest BCUT2D eigenvalue weighted by Crippen LogP contribution is 2.63. The molecule has 5 N–H and O–H groups in total. The van der Waals surface area contributed by atoms with E-state index in [4.69, 9.17) is 22.3 Å².